The lowest BCUT2D eigenvalue weighted by Gasteiger charge is -2.07. The average Bonchev–Trinajstić information content (AvgIpc) is 2.37. The van der Waals surface area contributed by atoms with Gasteiger partial charge in [-0.15, -0.1) is 12.6 Å². The molecule has 0 saturated carbocycles. The van der Waals surface area contributed by atoms with Gasteiger partial charge in [-0.3, -0.25) is 9.78 Å². The largest absolute Gasteiger partial charge is 0.348 e. The third kappa shape index (κ3) is 3.34. The second-order valence-electron chi connectivity index (χ2n) is 3.70. The molecule has 0 unspecified atom stereocenters. The number of nitrogens with one attached hydrogen (secondary N) is 1. The fourth-order valence-corrected chi connectivity index (χ4v) is 2.33. The van der Waals surface area contributed by atoms with Gasteiger partial charge in [0, 0.05) is 28.3 Å². The highest BCUT2D eigenvalue weighted by Gasteiger charge is 2.09. The number of halogens is 1. The van der Waals surface area contributed by atoms with E-state index in [2.05, 4.69) is 38.9 Å². The third-order valence-electron chi connectivity index (χ3n) is 2.41. The maximum atomic E-state index is 12.0. The molecule has 1 N–H and O–H groups in total. The number of aromatic nitrogens is 1. The molecule has 0 aliphatic rings. The second-order valence-corrected chi connectivity index (χ2v) is 5.10. The van der Waals surface area contributed by atoms with E-state index < -0.39 is 0 Å². The first-order valence-corrected chi connectivity index (χ1v) is 6.56. The summed E-state index contributed by atoms with van der Waals surface area (Å²) >= 11 is 7.62. The molecule has 0 bridgehead atoms. The summed E-state index contributed by atoms with van der Waals surface area (Å²) in [6.07, 6.45) is 3.40. The van der Waals surface area contributed by atoms with Crippen LogP contribution in [-0.2, 0) is 6.54 Å². The lowest BCUT2D eigenvalue weighted by atomic mass is 10.2. The van der Waals surface area contributed by atoms with E-state index in [0.717, 1.165) is 10.0 Å². The van der Waals surface area contributed by atoms with Gasteiger partial charge in [0.1, 0.15) is 0 Å². The Hall–Kier alpha value is -1.33. The molecule has 0 radical (unpaired) electrons. The number of hydrogen-bond acceptors (Lipinski definition) is 3. The number of rotatable bonds is 3. The molecule has 3 nitrogen and oxygen atoms in total. The fourth-order valence-electron chi connectivity index (χ4n) is 1.48. The number of carbonyl (C=O) groups is 1. The highest BCUT2D eigenvalue weighted by Crippen LogP contribution is 2.19. The van der Waals surface area contributed by atoms with Crippen molar-refractivity contribution in [1.29, 1.82) is 0 Å². The first-order valence-electron chi connectivity index (χ1n) is 5.32. The van der Waals surface area contributed by atoms with Crippen LogP contribution < -0.4 is 5.32 Å². The molecule has 0 spiro atoms. The summed E-state index contributed by atoms with van der Waals surface area (Å²) in [6.45, 7) is 0.477. The van der Waals surface area contributed by atoms with Crippen LogP contribution in [0.1, 0.15) is 15.9 Å². The molecular weight excluding hydrogens is 312 g/mol. The average molecular weight is 323 g/mol. The Labute approximate surface area is 119 Å². The maximum Gasteiger partial charge on any atom is 0.252 e. The summed E-state index contributed by atoms with van der Waals surface area (Å²) in [6, 6.07) is 9.09. The van der Waals surface area contributed by atoms with Gasteiger partial charge in [0.25, 0.3) is 5.91 Å². The van der Waals surface area contributed by atoms with Gasteiger partial charge in [0.2, 0.25) is 0 Å². The Kier molecular flexibility index (Phi) is 4.38. The van der Waals surface area contributed by atoms with Gasteiger partial charge in [0.05, 0.1) is 5.56 Å². The van der Waals surface area contributed by atoms with Crippen LogP contribution in [-0.4, -0.2) is 10.9 Å². The fraction of sp³-hybridized carbons (Fsp3) is 0.0769. The van der Waals surface area contributed by atoms with Crippen molar-refractivity contribution in [1.82, 2.24) is 10.3 Å². The zero-order valence-corrected chi connectivity index (χ0v) is 11.9. The number of carbonyl (C=O) groups excluding carboxylic acids is 1. The van der Waals surface area contributed by atoms with Gasteiger partial charge in [0.15, 0.2) is 0 Å². The summed E-state index contributed by atoms with van der Waals surface area (Å²) in [5.41, 5.74) is 1.58. The van der Waals surface area contributed by atoms with Crippen LogP contribution in [0.25, 0.3) is 0 Å². The van der Waals surface area contributed by atoms with Crippen molar-refractivity contribution >= 4 is 34.5 Å². The molecule has 0 atom stereocenters. The number of thiol groups is 1. The summed E-state index contributed by atoms with van der Waals surface area (Å²) in [4.78, 5) is 16.5. The summed E-state index contributed by atoms with van der Waals surface area (Å²) in [5.74, 6) is -0.135. The minimum Gasteiger partial charge on any atom is -0.348 e. The molecule has 0 aliphatic heterocycles. The normalized spacial score (nSPS) is 10.1. The van der Waals surface area contributed by atoms with Crippen molar-refractivity contribution in [2.45, 2.75) is 11.4 Å². The van der Waals surface area contributed by atoms with Crippen molar-refractivity contribution in [3.8, 4) is 0 Å². The molecule has 92 valence electrons. The first-order chi connectivity index (χ1) is 8.66. The molecule has 1 amide bonds. The molecule has 2 rings (SSSR count). The summed E-state index contributed by atoms with van der Waals surface area (Å²) in [5, 5.41) is 2.84. The van der Waals surface area contributed by atoms with Gasteiger partial charge in [-0.2, -0.15) is 0 Å². The molecule has 2 aromatic rings. The van der Waals surface area contributed by atoms with Gasteiger partial charge in [-0.25, -0.2) is 0 Å². The predicted octanol–water partition coefficient (Wildman–Crippen LogP) is 3.06. The van der Waals surface area contributed by atoms with Gasteiger partial charge in [-0.05, 0) is 35.9 Å². The second kappa shape index (κ2) is 6.02. The lowest BCUT2D eigenvalue weighted by molar-refractivity contribution is 0.0948. The maximum absolute atomic E-state index is 12.0. The Balaban J connectivity index is 2.04. The predicted molar refractivity (Wildman–Crippen MR) is 76.8 cm³/mol. The SMILES string of the molecule is O=C(NCc1ccncc1)c1ccc(Br)cc1S. The molecule has 1 heterocycles. The molecule has 0 aliphatic carbocycles. The van der Waals surface area contributed by atoms with Gasteiger partial charge < -0.3 is 5.32 Å². The molecular formula is C13H11BrN2OS. The standard InChI is InChI=1S/C13H11BrN2OS/c14-10-1-2-11(12(18)7-10)13(17)16-8-9-3-5-15-6-4-9/h1-7,18H,8H2,(H,16,17). The number of nitrogens with zero attached hydrogens (tertiary/aromatic N) is 1. The van der Waals surface area contributed by atoms with Crippen LogP contribution in [0, 0.1) is 0 Å². The Bertz CT molecular complexity index is 560. The molecule has 1 aromatic heterocycles. The quantitative estimate of drug-likeness (QED) is 0.853. The molecule has 0 saturated heterocycles. The van der Waals surface area contributed by atoms with Crippen LogP contribution >= 0.6 is 28.6 Å². The smallest absolute Gasteiger partial charge is 0.252 e. The van der Waals surface area contributed by atoms with Crippen molar-refractivity contribution in [2.75, 3.05) is 0 Å². The van der Waals surface area contributed by atoms with Crippen LogP contribution in [0.4, 0.5) is 0 Å². The minimum atomic E-state index is -0.135. The topological polar surface area (TPSA) is 42.0 Å². The van der Waals surface area contributed by atoms with Gasteiger partial charge in [-0.1, -0.05) is 15.9 Å². The minimum absolute atomic E-state index is 0.135. The van der Waals surface area contributed by atoms with E-state index in [1.165, 1.54) is 0 Å². The number of pyridine rings is 1. The molecule has 1 aromatic carbocycles. The van der Waals surface area contributed by atoms with E-state index in [4.69, 9.17) is 0 Å². The Morgan fingerprint density at radius 3 is 2.67 bits per heavy atom. The van der Waals surface area contributed by atoms with Crippen LogP contribution in [0.15, 0.2) is 52.1 Å². The molecule has 5 heteroatoms. The van der Waals surface area contributed by atoms with Crippen LogP contribution in [0.5, 0.6) is 0 Å². The third-order valence-corrected chi connectivity index (χ3v) is 3.27. The van der Waals surface area contributed by atoms with E-state index >= 15 is 0 Å². The Morgan fingerprint density at radius 2 is 2.00 bits per heavy atom. The lowest BCUT2D eigenvalue weighted by Crippen LogP contribution is -2.23. The van der Waals surface area contributed by atoms with E-state index in [-0.39, 0.29) is 5.91 Å². The van der Waals surface area contributed by atoms with E-state index in [9.17, 15) is 4.79 Å². The van der Waals surface area contributed by atoms with Crippen molar-refractivity contribution < 1.29 is 4.79 Å². The monoisotopic (exact) mass is 322 g/mol. The highest BCUT2D eigenvalue weighted by molar-refractivity contribution is 9.10. The van der Waals surface area contributed by atoms with E-state index in [0.29, 0.717) is 17.0 Å². The van der Waals surface area contributed by atoms with Crippen molar-refractivity contribution in [3.05, 3.63) is 58.3 Å². The first kappa shape index (κ1) is 13.1. The van der Waals surface area contributed by atoms with E-state index in [1.807, 2.05) is 18.2 Å². The van der Waals surface area contributed by atoms with Crippen LogP contribution in [0.2, 0.25) is 0 Å². The van der Waals surface area contributed by atoms with Crippen LogP contribution in [0.3, 0.4) is 0 Å². The molecule has 18 heavy (non-hydrogen) atoms. The van der Waals surface area contributed by atoms with Crippen molar-refractivity contribution in [3.63, 3.8) is 0 Å². The van der Waals surface area contributed by atoms with Crippen molar-refractivity contribution in [2.24, 2.45) is 0 Å². The molecule has 0 fully saturated rings. The summed E-state index contributed by atoms with van der Waals surface area (Å²) in [7, 11) is 0. The summed E-state index contributed by atoms with van der Waals surface area (Å²) < 4.78 is 0.901. The van der Waals surface area contributed by atoms with Gasteiger partial charge >= 0.3 is 0 Å². The zero-order chi connectivity index (χ0) is 13.0. The zero-order valence-electron chi connectivity index (χ0n) is 9.43. The Morgan fingerprint density at radius 1 is 1.28 bits per heavy atom. The van der Waals surface area contributed by atoms with E-state index in [1.54, 1.807) is 24.5 Å². The number of benzene rings is 1. The number of hydrogen-bond donors (Lipinski definition) is 2. The number of amides is 1. The highest BCUT2D eigenvalue weighted by atomic mass is 79.9.